The van der Waals surface area contributed by atoms with Crippen LogP contribution >= 0.6 is 23.1 Å². The first kappa shape index (κ1) is 25.8. The van der Waals surface area contributed by atoms with Crippen molar-refractivity contribution in [3.63, 3.8) is 0 Å². The summed E-state index contributed by atoms with van der Waals surface area (Å²) in [6.07, 6.45) is 0.558. The highest BCUT2D eigenvalue weighted by molar-refractivity contribution is 8.01. The van der Waals surface area contributed by atoms with Gasteiger partial charge in [0.2, 0.25) is 5.91 Å². The number of thioether (sulfide) groups is 1. The number of carbonyl (C=O) groups excluding carboxylic acids is 1. The molecule has 10 heteroatoms. The van der Waals surface area contributed by atoms with Crippen molar-refractivity contribution in [3.8, 4) is 5.75 Å². The predicted octanol–water partition coefficient (Wildman–Crippen LogP) is 5.61. The Kier molecular flexibility index (Phi) is 8.59. The number of pyridine rings is 1. The van der Waals surface area contributed by atoms with Crippen LogP contribution in [0.5, 0.6) is 5.75 Å². The van der Waals surface area contributed by atoms with Gasteiger partial charge in [0.25, 0.3) is 0 Å². The number of ether oxygens (including phenoxy) is 1. The van der Waals surface area contributed by atoms with Crippen molar-refractivity contribution in [1.29, 1.82) is 0 Å². The molecule has 35 heavy (non-hydrogen) atoms. The van der Waals surface area contributed by atoms with Crippen molar-refractivity contribution in [2.75, 3.05) is 32.5 Å². The minimum atomic E-state index is -1.63. The number of benzene rings is 1. The molecule has 1 fully saturated rings. The maximum atomic E-state index is 15.5. The Balaban J connectivity index is 1.42. The number of piperidine rings is 1. The second kappa shape index (κ2) is 11.6. The van der Waals surface area contributed by atoms with E-state index in [2.05, 4.69) is 21.3 Å². The molecule has 1 amide bonds. The number of carbonyl (C=O) groups is 1. The van der Waals surface area contributed by atoms with Crippen LogP contribution in [-0.4, -0.2) is 53.5 Å². The van der Waals surface area contributed by atoms with E-state index in [1.165, 1.54) is 11.3 Å². The third kappa shape index (κ3) is 5.94. The maximum absolute atomic E-state index is 15.5. The summed E-state index contributed by atoms with van der Waals surface area (Å²) in [5, 5.41) is 11.8. The minimum absolute atomic E-state index is 0.0467. The van der Waals surface area contributed by atoms with Gasteiger partial charge >= 0.3 is 0 Å². The first-order chi connectivity index (χ1) is 17.0. The first-order valence-corrected chi connectivity index (χ1v) is 13.4. The number of methoxy groups -OCH3 is 1. The molecule has 4 rings (SSSR count). The van der Waals surface area contributed by atoms with Crippen LogP contribution in [0.3, 0.4) is 0 Å². The monoisotopic (exact) mass is 521 g/mol. The van der Waals surface area contributed by atoms with Crippen LogP contribution in [0.4, 0.5) is 8.78 Å². The second-order valence-corrected chi connectivity index (χ2v) is 11.1. The van der Waals surface area contributed by atoms with Crippen LogP contribution in [0, 0.1) is 11.2 Å². The lowest BCUT2D eigenvalue weighted by Gasteiger charge is -2.40. The average Bonchev–Trinajstić information content (AvgIpc) is 3.40. The van der Waals surface area contributed by atoms with E-state index >= 15 is 4.39 Å². The van der Waals surface area contributed by atoms with Gasteiger partial charge in [-0.15, -0.1) is 23.1 Å². The fourth-order valence-corrected chi connectivity index (χ4v) is 6.56. The second-order valence-electron chi connectivity index (χ2n) is 8.75. The predicted molar refractivity (Wildman–Crippen MR) is 134 cm³/mol. The van der Waals surface area contributed by atoms with Gasteiger partial charge in [-0.2, -0.15) is 0 Å². The number of fused-ring (bicyclic) bond motifs is 1. The molecule has 3 heterocycles. The molecule has 1 atom stereocenters. The lowest BCUT2D eigenvalue weighted by molar-refractivity contribution is -0.143. The number of nitrogens with one attached hydrogen (secondary N) is 1. The van der Waals surface area contributed by atoms with E-state index in [4.69, 9.17) is 4.74 Å². The molecule has 188 valence electrons. The van der Waals surface area contributed by atoms with Gasteiger partial charge in [0.05, 0.1) is 28.4 Å². The number of nitrogens with zero attached hydrogens (tertiary/aromatic N) is 2. The van der Waals surface area contributed by atoms with Crippen LogP contribution in [0.2, 0.25) is 0 Å². The fraction of sp³-hybridized carbons (Fsp3) is 0.440. The van der Waals surface area contributed by atoms with E-state index in [9.17, 15) is 14.4 Å². The summed E-state index contributed by atoms with van der Waals surface area (Å²) in [7, 11) is 1.49. The van der Waals surface area contributed by atoms with E-state index in [0.717, 1.165) is 18.5 Å². The molecule has 0 saturated carbocycles. The molecule has 2 N–H and O–H groups in total. The van der Waals surface area contributed by atoms with Gasteiger partial charge in [-0.05, 0) is 68.4 Å². The maximum Gasteiger partial charge on any atom is 0.249 e. The van der Waals surface area contributed by atoms with Crippen LogP contribution in [0.1, 0.15) is 37.4 Å². The molecule has 0 unspecified atom stereocenters. The van der Waals surface area contributed by atoms with Crippen molar-refractivity contribution >= 4 is 39.9 Å². The molecule has 0 radical (unpaired) electrons. The number of halogens is 2. The third-order valence-electron chi connectivity index (χ3n) is 6.80. The number of likely N-dealkylation sites (tertiary alicyclic amines) is 1. The number of hydrogen-bond acceptors (Lipinski definition) is 7. The van der Waals surface area contributed by atoms with Gasteiger partial charge in [0.1, 0.15) is 17.7 Å². The Morgan fingerprint density at radius 1 is 1.37 bits per heavy atom. The molecule has 1 aliphatic rings. The fourth-order valence-electron chi connectivity index (χ4n) is 4.70. The summed E-state index contributed by atoms with van der Waals surface area (Å²) in [6.45, 7) is 2.25. The Morgan fingerprint density at radius 3 is 2.86 bits per heavy atom. The SMILES string of the molecule is COc1ccc2ncc(F)c([C@H](F)CCC3(C(=O)NO)CCN(CCSc4cccs4)CC3)c2c1. The molecule has 1 aromatic carbocycles. The summed E-state index contributed by atoms with van der Waals surface area (Å²) in [4.78, 5) is 19.0. The standard InChI is InChI=1S/C25H29F2N3O3S2/c1-33-17-4-5-21-18(15-17)23(20(27)16-28-21)19(26)6-7-25(24(31)29-32)8-10-30(11-9-25)12-14-35-22-3-2-13-34-22/h2-5,13,15-16,19,32H,6-12,14H2,1H3,(H,29,31)/t19-/m1/s1. The summed E-state index contributed by atoms with van der Waals surface area (Å²) < 4.78 is 36.7. The van der Waals surface area contributed by atoms with E-state index < -0.39 is 23.3 Å². The molecule has 1 saturated heterocycles. The van der Waals surface area contributed by atoms with E-state index in [1.54, 1.807) is 46.8 Å². The van der Waals surface area contributed by atoms with E-state index in [0.29, 0.717) is 42.6 Å². The smallest absolute Gasteiger partial charge is 0.249 e. The Hall–Kier alpha value is -2.27. The van der Waals surface area contributed by atoms with Crippen LogP contribution in [-0.2, 0) is 4.79 Å². The van der Waals surface area contributed by atoms with E-state index in [-0.39, 0.29) is 18.4 Å². The summed E-state index contributed by atoms with van der Waals surface area (Å²) in [5.41, 5.74) is 1.29. The zero-order chi connectivity index (χ0) is 24.8. The van der Waals surface area contributed by atoms with Crippen LogP contribution < -0.4 is 10.2 Å². The van der Waals surface area contributed by atoms with Gasteiger partial charge in [-0.1, -0.05) is 6.07 Å². The molecule has 2 aromatic heterocycles. The van der Waals surface area contributed by atoms with Crippen LogP contribution in [0.15, 0.2) is 46.1 Å². The van der Waals surface area contributed by atoms with Gasteiger partial charge in [-0.25, -0.2) is 14.3 Å². The molecule has 6 nitrogen and oxygen atoms in total. The first-order valence-electron chi connectivity index (χ1n) is 11.6. The molecule has 3 aromatic rings. The van der Waals surface area contributed by atoms with Gasteiger partial charge in [-0.3, -0.25) is 15.0 Å². The summed E-state index contributed by atoms with van der Waals surface area (Å²) in [6, 6.07) is 9.07. The van der Waals surface area contributed by atoms with Crippen molar-refractivity contribution in [1.82, 2.24) is 15.4 Å². The zero-order valence-electron chi connectivity index (χ0n) is 19.5. The lowest BCUT2D eigenvalue weighted by Crippen LogP contribution is -2.48. The lowest BCUT2D eigenvalue weighted by atomic mass is 9.73. The van der Waals surface area contributed by atoms with Crippen molar-refractivity contribution in [2.24, 2.45) is 5.41 Å². The van der Waals surface area contributed by atoms with Gasteiger partial charge < -0.3 is 9.64 Å². The largest absolute Gasteiger partial charge is 0.497 e. The zero-order valence-corrected chi connectivity index (χ0v) is 21.1. The number of rotatable bonds is 10. The topological polar surface area (TPSA) is 74.7 Å². The number of hydroxylamine groups is 1. The number of amides is 1. The summed E-state index contributed by atoms with van der Waals surface area (Å²) >= 11 is 3.52. The normalized spacial score (nSPS) is 16.8. The highest BCUT2D eigenvalue weighted by Gasteiger charge is 2.41. The number of hydrogen-bond donors (Lipinski definition) is 2. The Morgan fingerprint density at radius 2 is 2.17 bits per heavy atom. The summed E-state index contributed by atoms with van der Waals surface area (Å²) in [5.74, 6) is 0.208. The minimum Gasteiger partial charge on any atom is -0.497 e. The molecule has 0 spiro atoms. The number of aromatic nitrogens is 1. The molecule has 0 aliphatic carbocycles. The van der Waals surface area contributed by atoms with Crippen molar-refractivity contribution in [2.45, 2.75) is 36.1 Å². The number of alkyl halides is 1. The van der Waals surface area contributed by atoms with Gasteiger partial charge in [0, 0.05) is 23.2 Å². The Labute approximate surface area is 211 Å². The molecular weight excluding hydrogens is 492 g/mol. The van der Waals surface area contributed by atoms with Crippen molar-refractivity contribution < 1.29 is 23.5 Å². The van der Waals surface area contributed by atoms with E-state index in [1.807, 2.05) is 6.07 Å². The highest BCUT2D eigenvalue weighted by Crippen LogP contribution is 2.41. The van der Waals surface area contributed by atoms with Crippen molar-refractivity contribution in [3.05, 3.63) is 53.3 Å². The highest BCUT2D eigenvalue weighted by atomic mass is 32.2. The molecule has 0 bridgehead atoms. The average molecular weight is 522 g/mol. The van der Waals surface area contributed by atoms with Crippen LogP contribution in [0.25, 0.3) is 10.9 Å². The third-order valence-corrected chi connectivity index (χ3v) is 8.91. The number of thiophene rings is 1. The quantitative estimate of drug-likeness (QED) is 0.205. The molecule has 1 aliphatic heterocycles. The molecular formula is C25H29F2N3O3S2. The van der Waals surface area contributed by atoms with Gasteiger partial charge in [0.15, 0.2) is 0 Å². The Bertz CT molecular complexity index is 1140.